The van der Waals surface area contributed by atoms with E-state index in [0.29, 0.717) is 6.04 Å². The molecular formula is C18H27N3O2. The van der Waals surface area contributed by atoms with Gasteiger partial charge >= 0.3 is 6.09 Å². The second-order valence-corrected chi connectivity index (χ2v) is 6.59. The van der Waals surface area contributed by atoms with Gasteiger partial charge in [0.25, 0.3) is 0 Å². The van der Waals surface area contributed by atoms with Crippen molar-refractivity contribution >= 4 is 6.09 Å². The highest BCUT2D eigenvalue weighted by Gasteiger charge is 2.27. The normalized spacial score (nSPS) is 16.9. The zero-order valence-electron chi connectivity index (χ0n) is 14.5. The molecule has 1 unspecified atom stereocenters. The third kappa shape index (κ3) is 5.91. The van der Waals surface area contributed by atoms with Crippen molar-refractivity contribution in [2.45, 2.75) is 39.3 Å². The highest BCUT2D eigenvalue weighted by atomic mass is 16.6. The van der Waals surface area contributed by atoms with E-state index in [2.05, 4.69) is 42.7 Å². The van der Waals surface area contributed by atoms with E-state index < -0.39 is 5.60 Å². The number of amides is 1. The van der Waals surface area contributed by atoms with E-state index in [1.54, 1.807) is 4.90 Å². The summed E-state index contributed by atoms with van der Waals surface area (Å²) < 4.78 is 5.43. The van der Waals surface area contributed by atoms with Crippen molar-refractivity contribution in [3.05, 3.63) is 35.9 Å². The largest absolute Gasteiger partial charge is 0.444 e. The number of piperazine rings is 1. The van der Waals surface area contributed by atoms with Crippen LogP contribution in [0.2, 0.25) is 0 Å². The van der Waals surface area contributed by atoms with E-state index in [4.69, 9.17) is 10.00 Å². The Morgan fingerprint density at radius 1 is 1.13 bits per heavy atom. The summed E-state index contributed by atoms with van der Waals surface area (Å²) in [6, 6.07) is 10.9. The smallest absolute Gasteiger partial charge is 0.410 e. The number of carbonyl (C=O) groups excluding carboxylic acids is 1. The zero-order valence-corrected chi connectivity index (χ0v) is 14.5. The summed E-state index contributed by atoms with van der Waals surface area (Å²) in [7, 11) is 0. The first-order valence-corrected chi connectivity index (χ1v) is 7.89. The maximum atomic E-state index is 12.0. The lowest BCUT2D eigenvalue weighted by molar-refractivity contribution is 0.0110. The quantitative estimate of drug-likeness (QED) is 0.838. The summed E-state index contributed by atoms with van der Waals surface area (Å²) in [6.07, 6.45) is -0.200. The minimum atomic E-state index is -0.425. The number of rotatable bonds is 2. The van der Waals surface area contributed by atoms with Crippen LogP contribution in [0.1, 0.15) is 39.3 Å². The number of ether oxygens (including phenoxy) is 1. The topological polar surface area (TPSA) is 56.6 Å². The number of nitrogens with zero attached hydrogens (tertiary/aromatic N) is 3. The number of hydrogen-bond acceptors (Lipinski definition) is 4. The van der Waals surface area contributed by atoms with Gasteiger partial charge in [0.1, 0.15) is 5.60 Å². The molecule has 0 saturated carbocycles. The molecule has 1 amide bonds. The van der Waals surface area contributed by atoms with E-state index in [1.807, 2.05) is 26.8 Å². The molecule has 0 aromatic heterocycles. The van der Waals surface area contributed by atoms with Crippen LogP contribution in [-0.4, -0.2) is 47.7 Å². The molecule has 0 radical (unpaired) electrons. The summed E-state index contributed by atoms with van der Waals surface area (Å²) in [6.45, 7) is 14.6. The average molecular weight is 317 g/mol. The van der Waals surface area contributed by atoms with Gasteiger partial charge in [0.05, 0.1) is 0 Å². The van der Waals surface area contributed by atoms with Crippen LogP contribution in [-0.2, 0) is 4.74 Å². The molecule has 1 saturated heterocycles. The first-order valence-electron chi connectivity index (χ1n) is 7.89. The molecule has 5 heteroatoms. The van der Waals surface area contributed by atoms with Crippen molar-refractivity contribution in [3.8, 4) is 6.57 Å². The van der Waals surface area contributed by atoms with Crippen LogP contribution in [0.5, 0.6) is 0 Å². The summed E-state index contributed by atoms with van der Waals surface area (Å²) >= 11 is 0. The number of carbonyl (C=O) groups is 1. The molecule has 126 valence electrons. The van der Waals surface area contributed by atoms with Gasteiger partial charge in [-0.15, -0.1) is 0 Å². The highest BCUT2D eigenvalue weighted by molar-refractivity contribution is 5.68. The summed E-state index contributed by atoms with van der Waals surface area (Å²) in [4.78, 5) is 16.3. The monoisotopic (exact) mass is 317 g/mol. The first-order chi connectivity index (χ1) is 10.9. The molecule has 1 atom stereocenters. The summed E-state index contributed by atoms with van der Waals surface area (Å²) in [5.74, 6) is 0. The van der Waals surface area contributed by atoms with Gasteiger partial charge in [-0.1, -0.05) is 30.3 Å². The molecule has 1 aliphatic heterocycles. The average Bonchev–Trinajstić information content (AvgIpc) is 2.55. The minimum absolute atomic E-state index is 0.200. The lowest BCUT2D eigenvalue weighted by atomic mass is 10.1. The van der Waals surface area contributed by atoms with Gasteiger partial charge in [0.15, 0.2) is 0 Å². The van der Waals surface area contributed by atoms with Crippen molar-refractivity contribution in [2.75, 3.05) is 26.2 Å². The van der Waals surface area contributed by atoms with Gasteiger partial charge in [-0.2, -0.15) is 0 Å². The summed E-state index contributed by atoms with van der Waals surface area (Å²) in [5.41, 5.74) is 0.897. The summed E-state index contributed by atoms with van der Waals surface area (Å²) in [5, 5.41) is 6.50. The second kappa shape index (κ2) is 8.54. The molecule has 0 N–H and O–H groups in total. The fraction of sp³-hybridized carbons (Fsp3) is 0.556. The fourth-order valence-corrected chi connectivity index (χ4v) is 2.56. The van der Waals surface area contributed by atoms with Crippen molar-refractivity contribution in [3.63, 3.8) is 0 Å². The van der Waals surface area contributed by atoms with Gasteiger partial charge in [-0.05, 0) is 33.3 Å². The molecule has 1 aromatic carbocycles. The number of hydrogen-bond donors (Lipinski definition) is 0. The van der Waals surface area contributed by atoms with Gasteiger partial charge in [0, 0.05) is 38.8 Å². The Labute approximate surface area is 139 Å². The molecule has 23 heavy (non-hydrogen) atoms. The van der Waals surface area contributed by atoms with E-state index in [1.165, 1.54) is 5.56 Å². The van der Waals surface area contributed by atoms with E-state index in [-0.39, 0.29) is 6.09 Å². The third-order valence-corrected chi connectivity index (χ3v) is 3.80. The molecular weight excluding hydrogens is 290 g/mol. The van der Waals surface area contributed by atoms with Gasteiger partial charge in [-0.25, -0.2) is 10.1 Å². The van der Waals surface area contributed by atoms with Gasteiger partial charge in [0.2, 0.25) is 0 Å². The van der Waals surface area contributed by atoms with Crippen molar-refractivity contribution in [1.29, 1.82) is 5.26 Å². The molecule has 1 aromatic rings. The first kappa shape index (κ1) is 19.0. The van der Waals surface area contributed by atoms with E-state index >= 15 is 0 Å². The van der Waals surface area contributed by atoms with Crippen LogP contribution in [0, 0.1) is 11.8 Å². The molecule has 2 rings (SSSR count). The fourth-order valence-electron chi connectivity index (χ4n) is 2.56. The molecule has 1 fully saturated rings. The molecule has 1 heterocycles. The Hall–Kier alpha value is -2.06. The van der Waals surface area contributed by atoms with E-state index in [0.717, 1.165) is 26.2 Å². The van der Waals surface area contributed by atoms with Crippen LogP contribution >= 0.6 is 0 Å². The Kier molecular flexibility index (Phi) is 7.05. The molecule has 0 spiro atoms. The Morgan fingerprint density at radius 2 is 1.65 bits per heavy atom. The van der Waals surface area contributed by atoms with Crippen molar-refractivity contribution < 1.29 is 9.53 Å². The maximum Gasteiger partial charge on any atom is 0.410 e. The Balaban J connectivity index is 0.00000127. The van der Waals surface area contributed by atoms with Gasteiger partial charge < -0.3 is 9.64 Å². The highest BCUT2D eigenvalue weighted by Crippen LogP contribution is 2.21. The zero-order chi connectivity index (χ0) is 17.5. The lowest BCUT2D eigenvalue weighted by Crippen LogP contribution is -2.50. The Bertz CT molecular complexity index is 500. The predicted octanol–water partition coefficient (Wildman–Crippen LogP) is 3.44. The second-order valence-electron chi connectivity index (χ2n) is 6.59. The van der Waals surface area contributed by atoms with Crippen LogP contribution in [0.15, 0.2) is 30.3 Å². The Morgan fingerprint density at radius 3 is 2.13 bits per heavy atom. The lowest BCUT2D eigenvalue weighted by Gasteiger charge is -2.38. The number of benzene rings is 1. The van der Waals surface area contributed by atoms with E-state index in [9.17, 15) is 4.79 Å². The van der Waals surface area contributed by atoms with Crippen LogP contribution < -0.4 is 0 Å². The minimum Gasteiger partial charge on any atom is -0.444 e. The molecule has 5 nitrogen and oxygen atoms in total. The predicted molar refractivity (Wildman–Crippen MR) is 90.9 cm³/mol. The molecule has 1 aliphatic rings. The number of nitriles is 1. The molecule has 0 aliphatic carbocycles. The van der Waals surface area contributed by atoms with Crippen molar-refractivity contribution in [1.82, 2.24) is 9.80 Å². The van der Waals surface area contributed by atoms with Crippen LogP contribution in [0.3, 0.4) is 0 Å². The van der Waals surface area contributed by atoms with Crippen LogP contribution in [0.4, 0.5) is 4.79 Å². The van der Waals surface area contributed by atoms with Crippen LogP contribution in [0.25, 0.3) is 0 Å². The SMILES string of the molecule is C#N.CC(c1ccccc1)N1CCN(C(=O)OC(C)(C)C)CC1. The molecule has 0 bridgehead atoms. The third-order valence-electron chi connectivity index (χ3n) is 3.80. The van der Waals surface area contributed by atoms with Crippen molar-refractivity contribution in [2.24, 2.45) is 0 Å². The maximum absolute atomic E-state index is 12.0. The van der Waals surface area contributed by atoms with Gasteiger partial charge in [-0.3, -0.25) is 4.90 Å². The standard InChI is InChI=1S/C17H26N2O2.CHN/c1-14(15-8-6-5-7-9-15)18-10-12-19(13-11-18)16(20)21-17(2,3)4;1-2/h5-9,14H,10-13H2,1-4H3;1H.